The van der Waals surface area contributed by atoms with Crippen molar-refractivity contribution in [3.05, 3.63) is 70.0 Å². The Kier molecular flexibility index (Phi) is 4.94. The molecule has 7 nitrogen and oxygen atoms in total. The summed E-state index contributed by atoms with van der Waals surface area (Å²) in [6.07, 6.45) is 0. The topological polar surface area (TPSA) is 97.6 Å². The summed E-state index contributed by atoms with van der Waals surface area (Å²) < 4.78 is 5.85. The molecule has 1 aromatic heterocycles. The molecule has 7 heteroatoms. The van der Waals surface area contributed by atoms with E-state index in [-0.39, 0.29) is 28.9 Å². The first kappa shape index (κ1) is 18.2. The van der Waals surface area contributed by atoms with Gasteiger partial charge in [-0.2, -0.15) is 0 Å². The van der Waals surface area contributed by atoms with Crippen LogP contribution < -0.4 is 10.9 Å². The zero-order valence-corrected chi connectivity index (χ0v) is 14.9. The summed E-state index contributed by atoms with van der Waals surface area (Å²) in [4.78, 5) is 37.4. The number of nitrogens with one attached hydrogen (secondary N) is 1. The highest BCUT2D eigenvalue weighted by Crippen LogP contribution is 2.26. The second-order valence-electron chi connectivity index (χ2n) is 5.78. The molecule has 1 heterocycles. The average Bonchev–Trinajstić information content (AvgIpc) is 2.68. The van der Waals surface area contributed by atoms with E-state index in [4.69, 9.17) is 4.74 Å². The minimum Gasteiger partial charge on any atom is -0.494 e. The smallest absolute Gasteiger partial charge is 0.339 e. The number of amides is 1. The van der Waals surface area contributed by atoms with Crippen molar-refractivity contribution in [1.29, 1.82) is 0 Å². The number of rotatable bonds is 4. The Labute approximate surface area is 154 Å². The molecular formula is C20H18N2O5. The standard InChI is InChI=1S/C20H18N2O5/c1-3-22-18(24)13-9-5-4-8-12(13)16(19(22)25)17(23)21-15-11-7-6-10-14(15)20(26)27-2/h4-11,25H,3H2,1-2H3,(H,21,23). The van der Waals surface area contributed by atoms with Gasteiger partial charge in [-0.3, -0.25) is 14.2 Å². The Hall–Kier alpha value is -3.61. The lowest BCUT2D eigenvalue weighted by atomic mass is 10.1. The summed E-state index contributed by atoms with van der Waals surface area (Å²) >= 11 is 0. The highest BCUT2D eigenvalue weighted by atomic mass is 16.5. The van der Waals surface area contributed by atoms with Crippen molar-refractivity contribution in [2.45, 2.75) is 13.5 Å². The summed E-state index contributed by atoms with van der Waals surface area (Å²) in [6, 6.07) is 12.9. The molecule has 0 aliphatic rings. The van der Waals surface area contributed by atoms with Gasteiger partial charge < -0.3 is 15.2 Å². The van der Waals surface area contributed by atoms with Crippen molar-refractivity contribution in [3.8, 4) is 5.88 Å². The molecule has 2 aromatic carbocycles. The van der Waals surface area contributed by atoms with Crippen LogP contribution in [0.15, 0.2) is 53.3 Å². The second kappa shape index (κ2) is 7.33. The molecule has 1 amide bonds. The molecule has 0 saturated heterocycles. The van der Waals surface area contributed by atoms with E-state index in [2.05, 4.69) is 5.32 Å². The van der Waals surface area contributed by atoms with Gasteiger partial charge in [0, 0.05) is 17.3 Å². The van der Waals surface area contributed by atoms with Gasteiger partial charge in [0.15, 0.2) is 0 Å². The minimum absolute atomic E-state index is 0.0354. The summed E-state index contributed by atoms with van der Waals surface area (Å²) in [7, 11) is 1.25. The largest absolute Gasteiger partial charge is 0.494 e. The van der Waals surface area contributed by atoms with Crippen LogP contribution in [0, 0.1) is 0 Å². The Balaban J connectivity index is 2.16. The highest BCUT2D eigenvalue weighted by Gasteiger charge is 2.22. The van der Waals surface area contributed by atoms with Crippen LogP contribution in [0.25, 0.3) is 10.8 Å². The first-order valence-electron chi connectivity index (χ1n) is 8.32. The van der Waals surface area contributed by atoms with Gasteiger partial charge in [-0.05, 0) is 25.1 Å². The molecule has 0 fully saturated rings. The number of ether oxygens (including phenoxy) is 1. The van der Waals surface area contributed by atoms with E-state index < -0.39 is 17.8 Å². The van der Waals surface area contributed by atoms with Crippen LogP contribution in [0.5, 0.6) is 5.88 Å². The van der Waals surface area contributed by atoms with E-state index in [1.165, 1.54) is 13.2 Å². The summed E-state index contributed by atoms with van der Waals surface area (Å²) in [5.41, 5.74) is 0.0110. The quantitative estimate of drug-likeness (QED) is 0.692. The van der Waals surface area contributed by atoms with E-state index in [1.54, 1.807) is 49.4 Å². The van der Waals surface area contributed by atoms with Crippen LogP contribution >= 0.6 is 0 Å². The molecule has 138 valence electrons. The Morgan fingerprint density at radius 1 is 1.07 bits per heavy atom. The Morgan fingerprint density at radius 2 is 1.70 bits per heavy atom. The van der Waals surface area contributed by atoms with E-state index in [1.807, 2.05) is 0 Å². The number of carbonyl (C=O) groups excluding carboxylic acids is 2. The van der Waals surface area contributed by atoms with Crippen molar-refractivity contribution < 1.29 is 19.4 Å². The number of aromatic hydroxyl groups is 1. The van der Waals surface area contributed by atoms with E-state index in [0.29, 0.717) is 10.8 Å². The van der Waals surface area contributed by atoms with Gasteiger partial charge in [0.05, 0.1) is 18.4 Å². The minimum atomic E-state index is -0.637. The van der Waals surface area contributed by atoms with Gasteiger partial charge >= 0.3 is 5.97 Å². The molecule has 0 aliphatic heterocycles. The van der Waals surface area contributed by atoms with Crippen molar-refractivity contribution in [2.75, 3.05) is 12.4 Å². The van der Waals surface area contributed by atoms with Gasteiger partial charge in [0.2, 0.25) is 5.88 Å². The number of carbonyl (C=O) groups is 2. The third-order valence-corrected chi connectivity index (χ3v) is 4.28. The van der Waals surface area contributed by atoms with Crippen molar-refractivity contribution in [1.82, 2.24) is 4.57 Å². The molecule has 0 saturated carbocycles. The number of nitrogens with zero attached hydrogens (tertiary/aromatic N) is 1. The van der Waals surface area contributed by atoms with Gasteiger partial charge in [-0.15, -0.1) is 0 Å². The van der Waals surface area contributed by atoms with Crippen LogP contribution in [0.3, 0.4) is 0 Å². The number of benzene rings is 2. The predicted octanol–water partition coefficient (Wildman–Crippen LogP) is 2.77. The van der Waals surface area contributed by atoms with Crippen LogP contribution in [0.1, 0.15) is 27.6 Å². The van der Waals surface area contributed by atoms with E-state index in [9.17, 15) is 19.5 Å². The number of hydrogen-bond acceptors (Lipinski definition) is 5. The third kappa shape index (κ3) is 3.15. The first-order valence-corrected chi connectivity index (χ1v) is 8.32. The molecule has 3 rings (SSSR count). The number of pyridine rings is 1. The molecule has 0 unspecified atom stereocenters. The molecule has 3 aromatic rings. The van der Waals surface area contributed by atoms with Gasteiger partial charge in [0.25, 0.3) is 11.5 Å². The average molecular weight is 366 g/mol. The number of para-hydroxylation sites is 1. The predicted molar refractivity (Wildman–Crippen MR) is 101 cm³/mol. The lowest BCUT2D eigenvalue weighted by Gasteiger charge is -2.15. The zero-order valence-electron chi connectivity index (χ0n) is 14.9. The van der Waals surface area contributed by atoms with Crippen LogP contribution in [-0.4, -0.2) is 28.7 Å². The lowest BCUT2D eigenvalue weighted by Crippen LogP contribution is -2.24. The number of hydrogen-bond donors (Lipinski definition) is 2. The number of anilines is 1. The maximum Gasteiger partial charge on any atom is 0.339 e. The molecule has 0 aliphatic carbocycles. The lowest BCUT2D eigenvalue weighted by molar-refractivity contribution is 0.0602. The highest BCUT2D eigenvalue weighted by molar-refractivity contribution is 6.15. The fraction of sp³-hybridized carbons (Fsp3) is 0.150. The Morgan fingerprint density at radius 3 is 2.37 bits per heavy atom. The molecule has 0 atom stereocenters. The molecule has 0 radical (unpaired) electrons. The first-order chi connectivity index (χ1) is 13.0. The maximum absolute atomic E-state index is 13.0. The number of aromatic nitrogens is 1. The summed E-state index contributed by atoms with van der Waals surface area (Å²) in [5, 5.41) is 13.8. The number of methoxy groups -OCH3 is 1. The van der Waals surface area contributed by atoms with Crippen LogP contribution in [0.2, 0.25) is 0 Å². The third-order valence-electron chi connectivity index (χ3n) is 4.28. The van der Waals surface area contributed by atoms with Gasteiger partial charge in [-0.25, -0.2) is 4.79 Å². The molecule has 27 heavy (non-hydrogen) atoms. The molecular weight excluding hydrogens is 348 g/mol. The van der Waals surface area contributed by atoms with Crippen molar-refractivity contribution >= 4 is 28.3 Å². The van der Waals surface area contributed by atoms with Crippen LogP contribution in [-0.2, 0) is 11.3 Å². The zero-order chi connectivity index (χ0) is 19.6. The fourth-order valence-electron chi connectivity index (χ4n) is 2.97. The second-order valence-corrected chi connectivity index (χ2v) is 5.78. The van der Waals surface area contributed by atoms with Gasteiger partial charge in [0.1, 0.15) is 5.56 Å². The monoisotopic (exact) mass is 366 g/mol. The van der Waals surface area contributed by atoms with Crippen molar-refractivity contribution in [2.24, 2.45) is 0 Å². The molecule has 2 N–H and O–H groups in total. The maximum atomic E-state index is 13.0. The van der Waals surface area contributed by atoms with Gasteiger partial charge in [-0.1, -0.05) is 30.3 Å². The number of fused-ring (bicyclic) bond motifs is 1. The van der Waals surface area contributed by atoms with E-state index in [0.717, 1.165) is 4.57 Å². The summed E-state index contributed by atoms with van der Waals surface area (Å²) in [6.45, 7) is 1.90. The normalized spacial score (nSPS) is 10.6. The van der Waals surface area contributed by atoms with Crippen LogP contribution in [0.4, 0.5) is 5.69 Å². The Bertz CT molecular complexity index is 1100. The molecule has 0 bridgehead atoms. The number of esters is 1. The SMILES string of the molecule is CCn1c(O)c(C(=O)Nc2ccccc2C(=O)OC)c2ccccc2c1=O. The fourth-order valence-corrected chi connectivity index (χ4v) is 2.97. The van der Waals surface area contributed by atoms with E-state index >= 15 is 0 Å². The molecule has 0 spiro atoms. The van der Waals surface area contributed by atoms with Crippen molar-refractivity contribution in [3.63, 3.8) is 0 Å². The summed E-state index contributed by atoms with van der Waals surface area (Å²) in [5.74, 6) is -1.66.